The van der Waals surface area contributed by atoms with Gasteiger partial charge in [-0.3, -0.25) is 0 Å². The van der Waals surface area contributed by atoms with Gasteiger partial charge in [-0.2, -0.15) is 0 Å². The molecular formula is C11H16BrNO. The minimum Gasteiger partial charge on any atom is -0.496 e. The molecule has 0 heterocycles. The van der Waals surface area contributed by atoms with Gasteiger partial charge in [0.25, 0.3) is 0 Å². The second kappa shape index (κ2) is 5.37. The predicted molar refractivity (Wildman–Crippen MR) is 62.8 cm³/mol. The minimum atomic E-state index is 0.730. The van der Waals surface area contributed by atoms with Gasteiger partial charge in [-0.15, -0.1) is 0 Å². The molecule has 0 saturated carbocycles. The van der Waals surface area contributed by atoms with Crippen LogP contribution < -0.4 is 10.5 Å². The van der Waals surface area contributed by atoms with Crippen LogP contribution in [0.5, 0.6) is 5.75 Å². The van der Waals surface area contributed by atoms with E-state index in [0.29, 0.717) is 0 Å². The fourth-order valence-electron chi connectivity index (χ4n) is 1.37. The standard InChI is InChI=1S/C11H16BrNO/c1-8-10(12)6-9(4-3-5-13)7-11(8)14-2/h6-7H,3-5,13H2,1-2H3. The summed E-state index contributed by atoms with van der Waals surface area (Å²) in [4.78, 5) is 0. The Morgan fingerprint density at radius 1 is 1.43 bits per heavy atom. The molecule has 3 heteroatoms. The molecule has 0 unspecified atom stereocenters. The zero-order valence-electron chi connectivity index (χ0n) is 8.64. The monoisotopic (exact) mass is 257 g/mol. The highest BCUT2D eigenvalue weighted by molar-refractivity contribution is 9.10. The molecule has 0 aliphatic heterocycles. The van der Waals surface area contributed by atoms with Gasteiger partial charge in [-0.05, 0) is 44.0 Å². The summed E-state index contributed by atoms with van der Waals surface area (Å²) in [6, 6.07) is 4.21. The van der Waals surface area contributed by atoms with Crippen molar-refractivity contribution in [3.05, 3.63) is 27.7 Å². The molecule has 0 radical (unpaired) electrons. The number of hydrogen-bond donors (Lipinski definition) is 1. The Hall–Kier alpha value is -0.540. The summed E-state index contributed by atoms with van der Waals surface area (Å²) in [5.74, 6) is 0.936. The van der Waals surface area contributed by atoms with E-state index in [1.54, 1.807) is 7.11 Å². The summed E-state index contributed by atoms with van der Waals surface area (Å²) in [5.41, 5.74) is 7.88. The summed E-state index contributed by atoms with van der Waals surface area (Å²) >= 11 is 3.52. The number of halogens is 1. The van der Waals surface area contributed by atoms with Gasteiger partial charge in [0, 0.05) is 10.0 Å². The molecule has 0 fully saturated rings. The van der Waals surface area contributed by atoms with E-state index in [2.05, 4.69) is 28.1 Å². The maximum absolute atomic E-state index is 5.47. The van der Waals surface area contributed by atoms with Gasteiger partial charge in [0.2, 0.25) is 0 Å². The maximum Gasteiger partial charge on any atom is 0.123 e. The largest absolute Gasteiger partial charge is 0.496 e. The molecule has 78 valence electrons. The highest BCUT2D eigenvalue weighted by atomic mass is 79.9. The number of hydrogen-bond acceptors (Lipinski definition) is 2. The fourth-order valence-corrected chi connectivity index (χ4v) is 1.86. The van der Waals surface area contributed by atoms with Gasteiger partial charge in [-0.25, -0.2) is 0 Å². The second-order valence-electron chi connectivity index (χ2n) is 3.30. The molecule has 0 aliphatic carbocycles. The molecule has 0 spiro atoms. The van der Waals surface area contributed by atoms with Crippen LogP contribution in [0.2, 0.25) is 0 Å². The minimum absolute atomic E-state index is 0.730. The lowest BCUT2D eigenvalue weighted by atomic mass is 10.1. The Morgan fingerprint density at radius 3 is 2.71 bits per heavy atom. The van der Waals surface area contributed by atoms with E-state index in [9.17, 15) is 0 Å². The number of rotatable bonds is 4. The van der Waals surface area contributed by atoms with Crippen LogP contribution in [0, 0.1) is 6.92 Å². The number of methoxy groups -OCH3 is 1. The molecule has 1 aromatic rings. The zero-order valence-corrected chi connectivity index (χ0v) is 10.2. The SMILES string of the molecule is COc1cc(CCCN)cc(Br)c1C. The van der Waals surface area contributed by atoms with Gasteiger partial charge in [0.05, 0.1) is 7.11 Å². The number of benzene rings is 1. The summed E-state index contributed by atoms with van der Waals surface area (Å²) in [7, 11) is 1.70. The van der Waals surface area contributed by atoms with E-state index in [0.717, 1.165) is 35.2 Å². The van der Waals surface area contributed by atoms with Crippen molar-refractivity contribution in [3.63, 3.8) is 0 Å². The first-order valence-corrected chi connectivity index (χ1v) is 5.51. The van der Waals surface area contributed by atoms with Crippen molar-refractivity contribution >= 4 is 15.9 Å². The van der Waals surface area contributed by atoms with Crippen molar-refractivity contribution in [2.75, 3.05) is 13.7 Å². The van der Waals surface area contributed by atoms with Gasteiger partial charge >= 0.3 is 0 Å². The van der Waals surface area contributed by atoms with Crippen LogP contribution in [0.4, 0.5) is 0 Å². The van der Waals surface area contributed by atoms with Crippen LogP contribution in [-0.4, -0.2) is 13.7 Å². The smallest absolute Gasteiger partial charge is 0.123 e. The van der Waals surface area contributed by atoms with E-state index < -0.39 is 0 Å². The van der Waals surface area contributed by atoms with Crippen LogP contribution in [0.3, 0.4) is 0 Å². The Balaban J connectivity index is 2.91. The Morgan fingerprint density at radius 2 is 2.14 bits per heavy atom. The van der Waals surface area contributed by atoms with Crippen molar-refractivity contribution in [2.24, 2.45) is 5.73 Å². The Bertz CT molecular complexity index is 312. The highest BCUT2D eigenvalue weighted by Crippen LogP contribution is 2.28. The van der Waals surface area contributed by atoms with Crippen LogP contribution >= 0.6 is 15.9 Å². The zero-order chi connectivity index (χ0) is 10.6. The highest BCUT2D eigenvalue weighted by Gasteiger charge is 2.05. The average Bonchev–Trinajstić information content (AvgIpc) is 2.19. The van der Waals surface area contributed by atoms with E-state index in [1.807, 2.05) is 6.92 Å². The first kappa shape index (κ1) is 11.5. The molecule has 2 nitrogen and oxygen atoms in total. The molecule has 1 aromatic carbocycles. The molecule has 0 atom stereocenters. The number of nitrogens with two attached hydrogens (primary N) is 1. The summed E-state index contributed by atoms with van der Waals surface area (Å²) in [6.07, 6.45) is 2.02. The lowest BCUT2D eigenvalue weighted by Gasteiger charge is -2.09. The van der Waals surface area contributed by atoms with Crippen molar-refractivity contribution in [1.29, 1.82) is 0 Å². The van der Waals surface area contributed by atoms with Crippen LogP contribution in [0.1, 0.15) is 17.5 Å². The molecule has 0 aliphatic rings. The van der Waals surface area contributed by atoms with Crippen molar-refractivity contribution in [2.45, 2.75) is 19.8 Å². The van der Waals surface area contributed by atoms with Crippen molar-refractivity contribution in [3.8, 4) is 5.75 Å². The predicted octanol–water partition coefficient (Wildman–Crippen LogP) is 2.66. The molecule has 1 rings (SSSR count). The summed E-state index contributed by atoms with van der Waals surface area (Å²) in [6.45, 7) is 2.77. The number of aryl methyl sites for hydroxylation is 1. The average molecular weight is 258 g/mol. The molecule has 0 bridgehead atoms. The van der Waals surface area contributed by atoms with Crippen LogP contribution in [0.15, 0.2) is 16.6 Å². The third kappa shape index (κ3) is 2.72. The van der Waals surface area contributed by atoms with Gasteiger partial charge in [0.15, 0.2) is 0 Å². The summed E-state index contributed by atoms with van der Waals surface area (Å²) in [5, 5.41) is 0. The third-order valence-electron chi connectivity index (χ3n) is 2.25. The number of ether oxygens (including phenoxy) is 1. The quantitative estimate of drug-likeness (QED) is 0.901. The van der Waals surface area contributed by atoms with Crippen molar-refractivity contribution < 1.29 is 4.74 Å². The third-order valence-corrected chi connectivity index (χ3v) is 3.07. The van der Waals surface area contributed by atoms with Crippen LogP contribution in [-0.2, 0) is 6.42 Å². The van der Waals surface area contributed by atoms with E-state index in [-0.39, 0.29) is 0 Å². The van der Waals surface area contributed by atoms with Gasteiger partial charge in [-0.1, -0.05) is 15.9 Å². The van der Waals surface area contributed by atoms with Gasteiger partial charge < -0.3 is 10.5 Å². The molecular weight excluding hydrogens is 242 g/mol. The van der Waals surface area contributed by atoms with E-state index in [1.165, 1.54) is 5.56 Å². The van der Waals surface area contributed by atoms with Crippen molar-refractivity contribution in [1.82, 2.24) is 0 Å². The van der Waals surface area contributed by atoms with Gasteiger partial charge in [0.1, 0.15) is 5.75 Å². The van der Waals surface area contributed by atoms with E-state index >= 15 is 0 Å². The lowest BCUT2D eigenvalue weighted by molar-refractivity contribution is 0.410. The lowest BCUT2D eigenvalue weighted by Crippen LogP contribution is -2.01. The molecule has 0 aromatic heterocycles. The second-order valence-corrected chi connectivity index (χ2v) is 4.15. The maximum atomic E-state index is 5.47. The molecule has 0 saturated heterocycles. The van der Waals surface area contributed by atoms with Crippen LogP contribution in [0.25, 0.3) is 0 Å². The summed E-state index contributed by atoms with van der Waals surface area (Å²) < 4.78 is 6.39. The molecule has 14 heavy (non-hydrogen) atoms. The molecule has 0 amide bonds. The first-order chi connectivity index (χ1) is 6.69. The fraction of sp³-hybridized carbons (Fsp3) is 0.455. The Kier molecular flexibility index (Phi) is 4.42. The topological polar surface area (TPSA) is 35.2 Å². The van der Waals surface area contributed by atoms with E-state index in [4.69, 9.17) is 10.5 Å². The normalized spacial score (nSPS) is 10.3. The molecule has 2 N–H and O–H groups in total. The first-order valence-electron chi connectivity index (χ1n) is 4.72. The Labute approximate surface area is 93.6 Å².